The maximum atomic E-state index is 5.14. The molecule has 0 fully saturated rings. The Morgan fingerprint density at radius 1 is 1.70 bits per heavy atom. The van der Waals surface area contributed by atoms with Gasteiger partial charge in [0.15, 0.2) is 5.11 Å². The zero-order chi connectivity index (χ0) is 7.82. The molecule has 0 unspecified atom stereocenters. The van der Waals surface area contributed by atoms with Gasteiger partial charge >= 0.3 is 0 Å². The number of nitrogens with two attached hydrogens (primary N) is 1. The summed E-state index contributed by atoms with van der Waals surface area (Å²) >= 11 is 4.56. The van der Waals surface area contributed by atoms with Crippen LogP contribution < -0.4 is 16.6 Å². The Hall–Kier alpha value is -0.610. The predicted molar refractivity (Wildman–Crippen MR) is 47.4 cm³/mol. The molecular formula is C6H13N3S. The van der Waals surface area contributed by atoms with Gasteiger partial charge in [-0.25, -0.2) is 5.43 Å². The van der Waals surface area contributed by atoms with Crippen LogP contribution in [-0.4, -0.2) is 11.7 Å². The average Bonchev–Trinajstić information content (AvgIpc) is 1.87. The fourth-order valence-electron chi connectivity index (χ4n) is 0.484. The molecule has 58 valence electrons. The van der Waals surface area contributed by atoms with Crippen molar-refractivity contribution >= 4 is 17.3 Å². The van der Waals surface area contributed by atoms with Crippen LogP contribution >= 0.6 is 12.2 Å². The number of allylic oxidation sites excluding steroid dienone is 1. The van der Waals surface area contributed by atoms with Crippen molar-refractivity contribution in [1.29, 1.82) is 0 Å². The van der Waals surface area contributed by atoms with Crippen LogP contribution in [0.15, 0.2) is 12.7 Å². The molecule has 0 radical (unpaired) electrons. The fraction of sp³-hybridized carbons (Fsp3) is 0.500. The molecule has 10 heavy (non-hydrogen) atoms. The quantitative estimate of drug-likeness (QED) is 0.233. The zero-order valence-electron chi connectivity index (χ0n) is 5.89. The highest BCUT2D eigenvalue weighted by molar-refractivity contribution is 7.80. The lowest BCUT2D eigenvalue weighted by Gasteiger charge is -2.03. The third kappa shape index (κ3) is 7.39. The van der Waals surface area contributed by atoms with E-state index in [-0.39, 0.29) is 5.11 Å². The minimum atomic E-state index is 0.276. The number of hydrogen-bond donors (Lipinski definition) is 3. The third-order valence-corrected chi connectivity index (χ3v) is 1.02. The highest BCUT2D eigenvalue weighted by Crippen LogP contribution is 1.84. The topological polar surface area (TPSA) is 50.1 Å². The Labute approximate surface area is 66.6 Å². The molecule has 0 saturated heterocycles. The average molecular weight is 159 g/mol. The van der Waals surface area contributed by atoms with Crippen molar-refractivity contribution in [2.24, 2.45) is 5.73 Å². The summed E-state index contributed by atoms with van der Waals surface area (Å²) in [6.07, 6.45) is 3.92. The number of hydrogen-bond acceptors (Lipinski definition) is 2. The van der Waals surface area contributed by atoms with Crippen molar-refractivity contribution in [2.45, 2.75) is 12.8 Å². The molecule has 0 rings (SSSR count). The van der Waals surface area contributed by atoms with E-state index in [0.717, 1.165) is 19.4 Å². The summed E-state index contributed by atoms with van der Waals surface area (Å²) in [6.45, 7) is 4.45. The van der Waals surface area contributed by atoms with Gasteiger partial charge in [-0.2, -0.15) is 0 Å². The van der Waals surface area contributed by atoms with Crippen LogP contribution in [0.2, 0.25) is 0 Å². The molecular weight excluding hydrogens is 146 g/mol. The maximum Gasteiger partial charge on any atom is 0.178 e. The Kier molecular flexibility index (Phi) is 6.11. The van der Waals surface area contributed by atoms with E-state index in [1.165, 1.54) is 0 Å². The van der Waals surface area contributed by atoms with Crippen molar-refractivity contribution in [2.75, 3.05) is 6.54 Å². The smallest absolute Gasteiger partial charge is 0.178 e. The summed E-state index contributed by atoms with van der Waals surface area (Å²) in [5, 5.41) is 0.276. The lowest BCUT2D eigenvalue weighted by molar-refractivity contribution is 0.626. The molecule has 4 N–H and O–H groups in total. The lowest BCUT2D eigenvalue weighted by Crippen LogP contribution is -2.41. The molecule has 0 aliphatic carbocycles. The zero-order valence-corrected chi connectivity index (χ0v) is 6.71. The number of rotatable bonds is 5. The van der Waals surface area contributed by atoms with Gasteiger partial charge in [-0.3, -0.25) is 5.43 Å². The summed E-state index contributed by atoms with van der Waals surface area (Å²) < 4.78 is 0. The lowest BCUT2D eigenvalue weighted by atomic mass is 10.3. The standard InChI is InChI=1S/C6H13N3S/c1-2-3-4-5-8-9-6(7)10/h2,8H,1,3-5H2,(H3,7,9,10). The van der Waals surface area contributed by atoms with Gasteiger partial charge in [-0.15, -0.1) is 6.58 Å². The van der Waals surface area contributed by atoms with Crippen LogP contribution in [0.4, 0.5) is 0 Å². The van der Waals surface area contributed by atoms with Gasteiger partial charge in [0, 0.05) is 6.54 Å². The van der Waals surface area contributed by atoms with Crippen molar-refractivity contribution < 1.29 is 0 Å². The van der Waals surface area contributed by atoms with E-state index in [1.54, 1.807) is 0 Å². The molecule has 0 spiro atoms. The number of unbranched alkanes of at least 4 members (excludes halogenated alkanes) is 1. The monoisotopic (exact) mass is 159 g/mol. The Balaban J connectivity index is 2.90. The fourth-order valence-corrected chi connectivity index (χ4v) is 0.557. The molecule has 3 nitrogen and oxygen atoms in total. The van der Waals surface area contributed by atoms with Gasteiger partial charge in [0.2, 0.25) is 0 Å². The maximum absolute atomic E-state index is 5.14. The van der Waals surface area contributed by atoms with Gasteiger partial charge in [-0.1, -0.05) is 6.08 Å². The molecule has 4 heteroatoms. The molecule has 0 aromatic rings. The van der Waals surface area contributed by atoms with Crippen LogP contribution in [0.25, 0.3) is 0 Å². The van der Waals surface area contributed by atoms with Gasteiger partial charge < -0.3 is 5.73 Å². The molecule has 0 amide bonds. The van der Waals surface area contributed by atoms with E-state index in [4.69, 9.17) is 5.73 Å². The van der Waals surface area contributed by atoms with Crippen molar-refractivity contribution in [3.63, 3.8) is 0 Å². The van der Waals surface area contributed by atoms with E-state index in [2.05, 4.69) is 29.6 Å². The van der Waals surface area contributed by atoms with Crippen LogP contribution in [0.3, 0.4) is 0 Å². The number of nitrogens with one attached hydrogen (secondary N) is 2. The first kappa shape index (κ1) is 9.39. The molecule has 0 aliphatic heterocycles. The summed E-state index contributed by atoms with van der Waals surface area (Å²) in [7, 11) is 0. The van der Waals surface area contributed by atoms with Crippen LogP contribution in [0.5, 0.6) is 0 Å². The van der Waals surface area contributed by atoms with Gasteiger partial charge in [0.1, 0.15) is 0 Å². The highest BCUT2D eigenvalue weighted by atomic mass is 32.1. The molecule has 0 heterocycles. The molecule has 0 aromatic heterocycles. The molecule has 0 atom stereocenters. The van der Waals surface area contributed by atoms with E-state index in [1.807, 2.05) is 6.08 Å². The first-order valence-corrected chi connectivity index (χ1v) is 3.57. The SMILES string of the molecule is C=CCCCNNC(N)=S. The minimum Gasteiger partial charge on any atom is -0.375 e. The highest BCUT2D eigenvalue weighted by Gasteiger charge is 1.84. The predicted octanol–water partition coefficient (Wildman–Crippen LogP) is 0.290. The second-order valence-corrected chi connectivity index (χ2v) is 2.29. The largest absolute Gasteiger partial charge is 0.375 e. The van der Waals surface area contributed by atoms with Crippen molar-refractivity contribution in [3.05, 3.63) is 12.7 Å². The molecule has 0 saturated carbocycles. The van der Waals surface area contributed by atoms with E-state index >= 15 is 0 Å². The van der Waals surface area contributed by atoms with Crippen LogP contribution in [-0.2, 0) is 0 Å². The van der Waals surface area contributed by atoms with Gasteiger partial charge in [-0.05, 0) is 25.1 Å². The number of thiocarbonyl (C=S) groups is 1. The van der Waals surface area contributed by atoms with Crippen molar-refractivity contribution in [1.82, 2.24) is 10.9 Å². The second kappa shape index (κ2) is 6.51. The Bertz CT molecular complexity index is 114. The molecule has 0 aromatic carbocycles. The van der Waals surface area contributed by atoms with Gasteiger partial charge in [0.25, 0.3) is 0 Å². The Morgan fingerprint density at radius 2 is 2.40 bits per heavy atom. The van der Waals surface area contributed by atoms with Crippen LogP contribution in [0, 0.1) is 0 Å². The van der Waals surface area contributed by atoms with E-state index in [0.29, 0.717) is 0 Å². The van der Waals surface area contributed by atoms with E-state index < -0.39 is 0 Å². The van der Waals surface area contributed by atoms with E-state index in [9.17, 15) is 0 Å². The summed E-state index contributed by atoms with van der Waals surface area (Å²) in [6, 6.07) is 0. The summed E-state index contributed by atoms with van der Waals surface area (Å²) in [4.78, 5) is 0. The normalized spacial score (nSPS) is 8.80. The molecule has 0 aliphatic rings. The first-order chi connectivity index (χ1) is 4.77. The summed E-state index contributed by atoms with van der Waals surface area (Å²) in [5.74, 6) is 0. The summed E-state index contributed by atoms with van der Waals surface area (Å²) in [5.41, 5.74) is 10.6. The second-order valence-electron chi connectivity index (χ2n) is 1.85. The Morgan fingerprint density at radius 3 is 2.90 bits per heavy atom. The number of hydrazine groups is 1. The van der Waals surface area contributed by atoms with Crippen molar-refractivity contribution in [3.8, 4) is 0 Å². The first-order valence-electron chi connectivity index (χ1n) is 3.16. The van der Waals surface area contributed by atoms with Crippen LogP contribution in [0.1, 0.15) is 12.8 Å². The third-order valence-electron chi connectivity index (χ3n) is 0.922. The molecule has 0 bridgehead atoms. The van der Waals surface area contributed by atoms with Gasteiger partial charge in [0.05, 0.1) is 0 Å². The minimum absolute atomic E-state index is 0.276.